The van der Waals surface area contributed by atoms with Crippen LogP contribution in [0.1, 0.15) is 10.5 Å². The fourth-order valence-electron chi connectivity index (χ4n) is 1.23. The monoisotopic (exact) mass is 195 g/mol. The van der Waals surface area contributed by atoms with E-state index in [2.05, 4.69) is 4.98 Å². The van der Waals surface area contributed by atoms with Gasteiger partial charge in [0, 0.05) is 5.39 Å². The predicted octanol–water partition coefficient (Wildman–Crippen LogP) is 2.52. The van der Waals surface area contributed by atoms with Gasteiger partial charge in [0.25, 0.3) is 0 Å². The summed E-state index contributed by atoms with van der Waals surface area (Å²) in [5.41, 5.74) is 0.824. The van der Waals surface area contributed by atoms with Crippen LogP contribution in [0, 0.1) is 0 Å². The number of H-pyrrole nitrogens is 1. The molecule has 2 aromatic rings. The quantitative estimate of drug-likeness (QED) is 0.735. The van der Waals surface area contributed by atoms with Gasteiger partial charge in [-0.25, -0.2) is 4.79 Å². The molecule has 2 N–H and O–H groups in total. The number of carboxylic acid groups (broad SMARTS) is 1. The number of carboxylic acids is 1. The van der Waals surface area contributed by atoms with Crippen LogP contribution in [0.5, 0.6) is 0 Å². The van der Waals surface area contributed by atoms with E-state index in [1.807, 2.05) is 6.07 Å². The Bertz CT molecular complexity index is 475. The number of para-hydroxylation sites is 1. The molecule has 4 heteroatoms. The third-order valence-corrected chi connectivity index (χ3v) is 2.15. The van der Waals surface area contributed by atoms with Gasteiger partial charge in [0.1, 0.15) is 5.69 Å². The lowest BCUT2D eigenvalue weighted by Crippen LogP contribution is -1.94. The topological polar surface area (TPSA) is 53.1 Å². The first kappa shape index (κ1) is 8.13. The number of carbonyl (C=O) groups is 1. The molecule has 1 aromatic heterocycles. The minimum Gasteiger partial charge on any atom is -0.477 e. The van der Waals surface area contributed by atoms with Crippen LogP contribution in [0.25, 0.3) is 10.9 Å². The van der Waals surface area contributed by atoms with E-state index in [0.29, 0.717) is 10.5 Å². The van der Waals surface area contributed by atoms with Crippen LogP contribution in [0.15, 0.2) is 24.3 Å². The SMILES string of the molecule is O=C(O)c1cc2cccc(Cl)c2[nH]1. The normalized spacial score (nSPS) is 10.5. The minimum absolute atomic E-state index is 0.156. The second-order valence-corrected chi connectivity index (χ2v) is 3.10. The summed E-state index contributed by atoms with van der Waals surface area (Å²) >= 11 is 5.85. The van der Waals surface area contributed by atoms with Crippen LogP contribution >= 0.6 is 11.6 Å². The molecule has 0 aliphatic heterocycles. The average Bonchev–Trinajstić information content (AvgIpc) is 2.49. The highest BCUT2D eigenvalue weighted by molar-refractivity contribution is 6.35. The predicted molar refractivity (Wildman–Crippen MR) is 50.3 cm³/mol. The molecule has 0 saturated heterocycles. The summed E-state index contributed by atoms with van der Waals surface area (Å²) in [6, 6.07) is 6.86. The number of rotatable bonds is 1. The molecule has 1 heterocycles. The average molecular weight is 196 g/mol. The third-order valence-electron chi connectivity index (χ3n) is 1.84. The van der Waals surface area contributed by atoms with Gasteiger partial charge in [0.15, 0.2) is 0 Å². The van der Waals surface area contributed by atoms with Gasteiger partial charge in [-0.2, -0.15) is 0 Å². The molecule has 0 unspecified atom stereocenters. The van der Waals surface area contributed by atoms with Crippen LogP contribution in [-0.4, -0.2) is 16.1 Å². The Labute approximate surface area is 78.9 Å². The van der Waals surface area contributed by atoms with Gasteiger partial charge >= 0.3 is 5.97 Å². The van der Waals surface area contributed by atoms with Crippen LogP contribution in [-0.2, 0) is 0 Å². The summed E-state index contributed by atoms with van der Waals surface area (Å²) in [6.07, 6.45) is 0. The van der Waals surface area contributed by atoms with Crippen LogP contribution in [0.3, 0.4) is 0 Å². The van der Waals surface area contributed by atoms with Crippen molar-refractivity contribution in [3.05, 3.63) is 35.0 Å². The lowest BCUT2D eigenvalue weighted by Gasteiger charge is -1.90. The third kappa shape index (κ3) is 1.27. The smallest absolute Gasteiger partial charge is 0.352 e. The summed E-state index contributed by atoms with van der Waals surface area (Å²) in [5, 5.41) is 10.0. The summed E-state index contributed by atoms with van der Waals surface area (Å²) < 4.78 is 0. The van der Waals surface area contributed by atoms with Gasteiger partial charge in [-0.3, -0.25) is 0 Å². The molecule has 0 aliphatic rings. The summed E-state index contributed by atoms with van der Waals surface area (Å²) in [6.45, 7) is 0. The fraction of sp³-hybridized carbons (Fsp3) is 0. The van der Waals surface area contributed by atoms with Crippen molar-refractivity contribution in [3.8, 4) is 0 Å². The number of benzene rings is 1. The molecule has 13 heavy (non-hydrogen) atoms. The first-order chi connectivity index (χ1) is 6.18. The lowest BCUT2D eigenvalue weighted by atomic mass is 10.2. The molecule has 0 aliphatic carbocycles. The molecule has 0 amide bonds. The van der Waals surface area contributed by atoms with Crippen molar-refractivity contribution in [1.82, 2.24) is 4.98 Å². The maximum atomic E-state index is 10.6. The van der Waals surface area contributed by atoms with Gasteiger partial charge in [-0.1, -0.05) is 23.7 Å². The summed E-state index contributed by atoms with van der Waals surface area (Å²) in [5.74, 6) is -0.979. The van der Waals surface area contributed by atoms with Gasteiger partial charge in [-0.05, 0) is 12.1 Å². The first-order valence-electron chi connectivity index (χ1n) is 3.69. The molecular weight excluding hydrogens is 190 g/mol. The summed E-state index contributed by atoms with van der Waals surface area (Å²) in [7, 11) is 0. The molecule has 0 radical (unpaired) electrons. The molecule has 0 saturated carbocycles. The Morgan fingerprint density at radius 2 is 2.23 bits per heavy atom. The standard InChI is InChI=1S/C9H6ClNO2/c10-6-3-1-2-5-4-7(9(12)13)11-8(5)6/h1-4,11H,(H,12,13). The van der Waals surface area contributed by atoms with Crippen LogP contribution < -0.4 is 0 Å². The van der Waals surface area contributed by atoms with Gasteiger partial charge < -0.3 is 10.1 Å². The van der Waals surface area contributed by atoms with Crippen molar-refractivity contribution < 1.29 is 9.90 Å². The molecular formula is C9H6ClNO2. The number of halogens is 1. The largest absolute Gasteiger partial charge is 0.477 e. The zero-order valence-corrected chi connectivity index (χ0v) is 7.30. The molecule has 0 spiro atoms. The molecule has 1 aromatic carbocycles. The second kappa shape index (κ2) is 2.78. The van der Waals surface area contributed by atoms with Crippen molar-refractivity contribution in [2.24, 2.45) is 0 Å². The zero-order chi connectivity index (χ0) is 9.42. The molecule has 66 valence electrons. The van der Waals surface area contributed by atoms with Crippen molar-refractivity contribution in [2.45, 2.75) is 0 Å². The fourth-order valence-corrected chi connectivity index (χ4v) is 1.46. The minimum atomic E-state index is -0.979. The van der Waals surface area contributed by atoms with Gasteiger partial charge in [0.05, 0.1) is 10.5 Å². The summed E-state index contributed by atoms with van der Waals surface area (Å²) in [4.78, 5) is 13.3. The van der Waals surface area contributed by atoms with E-state index < -0.39 is 5.97 Å². The molecule has 3 nitrogen and oxygen atoms in total. The number of aromatic carboxylic acids is 1. The van der Waals surface area contributed by atoms with E-state index in [1.54, 1.807) is 18.2 Å². The second-order valence-electron chi connectivity index (χ2n) is 2.69. The van der Waals surface area contributed by atoms with Crippen molar-refractivity contribution in [2.75, 3.05) is 0 Å². The van der Waals surface area contributed by atoms with E-state index >= 15 is 0 Å². The van der Waals surface area contributed by atoms with E-state index in [1.165, 1.54) is 0 Å². The Balaban J connectivity index is 2.75. The number of aromatic nitrogens is 1. The van der Waals surface area contributed by atoms with Crippen LogP contribution in [0.4, 0.5) is 0 Å². The Morgan fingerprint density at radius 1 is 1.46 bits per heavy atom. The highest BCUT2D eigenvalue weighted by Crippen LogP contribution is 2.23. The lowest BCUT2D eigenvalue weighted by molar-refractivity contribution is 0.0691. The highest BCUT2D eigenvalue weighted by Gasteiger charge is 2.08. The van der Waals surface area contributed by atoms with E-state index in [4.69, 9.17) is 16.7 Å². The number of nitrogens with one attached hydrogen (secondary N) is 1. The van der Waals surface area contributed by atoms with Crippen LogP contribution in [0.2, 0.25) is 5.02 Å². The number of hydrogen-bond acceptors (Lipinski definition) is 1. The zero-order valence-electron chi connectivity index (χ0n) is 6.54. The van der Waals surface area contributed by atoms with E-state index in [9.17, 15) is 4.79 Å². The molecule has 0 bridgehead atoms. The maximum absolute atomic E-state index is 10.6. The molecule has 0 atom stereocenters. The first-order valence-corrected chi connectivity index (χ1v) is 4.07. The van der Waals surface area contributed by atoms with Gasteiger partial charge in [0.2, 0.25) is 0 Å². The highest BCUT2D eigenvalue weighted by atomic mass is 35.5. The molecule has 2 rings (SSSR count). The number of hydrogen-bond donors (Lipinski definition) is 2. The number of aromatic amines is 1. The maximum Gasteiger partial charge on any atom is 0.352 e. The van der Waals surface area contributed by atoms with Gasteiger partial charge in [-0.15, -0.1) is 0 Å². The van der Waals surface area contributed by atoms with Crippen molar-refractivity contribution in [1.29, 1.82) is 0 Å². The van der Waals surface area contributed by atoms with E-state index in [0.717, 1.165) is 5.39 Å². The Kier molecular flexibility index (Phi) is 1.74. The van der Waals surface area contributed by atoms with Crippen molar-refractivity contribution >= 4 is 28.5 Å². The van der Waals surface area contributed by atoms with E-state index in [-0.39, 0.29) is 5.69 Å². The number of fused-ring (bicyclic) bond motifs is 1. The Morgan fingerprint density at radius 3 is 2.85 bits per heavy atom. The Hall–Kier alpha value is -1.48. The molecule has 0 fully saturated rings. The van der Waals surface area contributed by atoms with Crippen molar-refractivity contribution in [3.63, 3.8) is 0 Å².